The Labute approximate surface area is 99.8 Å². The van der Waals surface area contributed by atoms with Crippen LogP contribution in [0.25, 0.3) is 0 Å². The van der Waals surface area contributed by atoms with E-state index in [0.717, 1.165) is 32.5 Å². The predicted octanol–water partition coefficient (Wildman–Crippen LogP) is 2.14. The molecule has 1 saturated carbocycles. The van der Waals surface area contributed by atoms with Crippen molar-refractivity contribution in [2.75, 3.05) is 19.6 Å². The van der Waals surface area contributed by atoms with E-state index < -0.39 is 0 Å². The van der Waals surface area contributed by atoms with Crippen LogP contribution in [-0.2, 0) is 0 Å². The van der Waals surface area contributed by atoms with Crippen molar-refractivity contribution < 1.29 is 0 Å². The van der Waals surface area contributed by atoms with Crippen LogP contribution in [0.2, 0.25) is 0 Å². The summed E-state index contributed by atoms with van der Waals surface area (Å²) in [6.45, 7) is 9.57. The molecule has 0 aromatic heterocycles. The fourth-order valence-electron chi connectivity index (χ4n) is 2.94. The second-order valence-corrected chi connectivity index (χ2v) is 4.70. The zero-order chi connectivity index (χ0) is 12.0. The van der Waals surface area contributed by atoms with Gasteiger partial charge < -0.3 is 4.90 Å². The number of hydrogen-bond acceptors (Lipinski definition) is 3. The summed E-state index contributed by atoms with van der Waals surface area (Å²) in [7, 11) is 0. The molecule has 2 atom stereocenters. The van der Waals surface area contributed by atoms with Crippen LogP contribution >= 0.6 is 0 Å². The van der Waals surface area contributed by atoms with Crippen LogP contribution < -0.4 is 5.32 Å². The van der Waals surface area contributed by atoms with E-state index in [1.807, 2.05) is 0 Å². The normalized spacial score (nSPS) is 30.3. The SMILES string of the molecule is CCNC1(C#N)CCCC(N(CC)CC)C1. The minimum Gasteiger partial charge on any atom is -0.301 e. The van der Waals surface area contributed by atoms with Gasteiger partial charge in [0.15, 0.2) is 0 Å². The van der Waals surface area contributed by atoms with E-state index in [0.29, 0.717) is 6.04 Å². The minimum absolute atomic E-state index is 0.264. The lowest BCUT2D eigenvalue weighted by Gasteiger charge is -2.41. The van der Waals surface area contributed by atoms with Crippen molar-refractivity contribution in [1.82, 2.24) is 10.2 Å². The molecular weight excluding hydrogens is 198 g/mol. The molecule has 0 aromatic rings. The van der Waals surface area contributed by atoms with Gasteiger partial charge in [0.1, 0.15) is 5.54 Å². The molecule has 1 fully saturated rings. The molecule has 0 spiro atoms. The first kappa shape index (κ1) is 13.5. The molecule has 2 unspecified atom stereocenters. The number of hydrogen-bond donors (Lipinski definition) is 1. The molecule has 0 saturated heterocycles. The number of nitrogens with one attached hydrogen (secondary N) is 1. The van der Waals surface area contributed by atoms with E-state index in [-0.39, 0.29) is 5.54 Å². The Balaban J connectivity index is 2.68. The Morgan fingerprint density at radius 3 is 2.56 bits per heavy atom. The molecule has 0 aromatic carbocycles. The van der Waals surface area contributed by atoms with Gasteiger partial charge in [0, 0.05) is 6.04 Å². The molecule has 1 rings (SSSR count). The van der Waals surface area contributed by atoms with Crippen LogP contribution in [0.1, 0.15) is 46.5 Å². The highest BCUT2D eigenvalue weighted by Crippen LogP contribution is 2.30. The molecule has 1 N–H and O–H groups in total. The highest BCUT2D eigenvalue weighted by atomic mass is 15.2. The van der Waals surface area contributed by atoms with Crippen LogP contribution in [0, 0.1) is 11.3 Å². The molecule has 0 amide bonds. The summed E-state index contributed by atoms with van der Waals surface area (Å²) >= 11 is 0. The summed E-state index contributed by atoms with van der Waals surface area (Å²) in [6, 6.07) is 3.10. The monoisotopic (exact) mass is 223 g/mol. The van der Waals surface area contributed by atoms with Gasteiger partial charge in [-0.2, -0.15) is 5.26 Å². The van der Waals surface area contributed by atoms with Gasteiger partial charge in [0.05, 0.1) is 6.07 Å². The van der Waals surface area contributed by atoms with Crippen LogP contribution in [0.5, 0.6) is 0 Å². The molecule has 0 bridgehead atoms. The largest absolute Gasteiger partial charge is 0.301 e. The van der Waals surface area contributed by atoms with Crippen molar-refractivity contribution in [2.45, 2.75) is 58.0 Å². The van der Waals surface area contributed by atoms with Crippen LogP contribution in [0.4, 0.5) is 0 Å². The smallest absolute Gasteiger partial charge is 0.108 e. The Morgan fingerprint density at radius 2 is 2.06 bits per heavy atom. The lowest BCUT2D eigenvalue weighted by atomic mass is 9.79. The summed E-state index contributed by atoms with van der Waals surface area (Å²) in [4.78, 5) is 2.49. The zero-order valence-corrected chi connectivity index (χ0v) is 10.9. The fourth-order valence-corrected chi connectivity index (χ4v) is 2.94. The lowest BCUT2D eigenvalue weighted by molar-refractivity contribution is 0.131. The molecule has 3 nitrogen and oxygen atoms in total. The van der Waals surface area contributed by atoms with E-state index in [1.165, 1.54) is 12.8 Å². The Morgan fingerprint density at radius 1 is 1.38 bits per heavy atom. The average Bonchev–Trinajstić information content (AvgIpc) is 2.31. The predicted molar refractivity (Wildman–Crippen MR) is 67.2 cm³/mol. The Bertz CT molecular complexity index is 238. The lowest BCUT2D eigenvalue weighted by Crippen LogP contribution is -2.52. The van der Waals surface area contributed by atoms with Crippen molar-refractivity contribution in [3.63, 3.8) is 0 Å². The van der Waals surface area contributed by atoms with Gasteiger partial charge in [0.2, 0.25) is 0 Å². The van der Waals surface area contributed by atoms with Gasteiger partial charge in [-0.05, 0) is 45.3 Å². The van der Waals surface area contributed by atoms with E-state index in [2.05, 4.69) is 37.1 Å². The van der Waals surface area contributed by atoms with Crippen LogP contribution in [0.15, 0.2) is 0 Å². The third-order valence-electron chi connectivity index (χ3n) is 3.78. The van der Waals surface area contributed by atoms with Crippen LogP contribution in [-0.4, -0.2) is 36.1 Å². The highest BCUT2D eigenvalue weighted by Gasteiger charge is 2.37. The maximum Gasteiger partial charge on any atom is 0.108 e. The van der Waals surface area contributed by atoms with Gasteiger partial charge in [-0.25, -0.2) is 0 Å². The van der Waals surface area contributed by atoms with Crippen molar-refractivity contribution in [1.29, 1.82) is 5.26 Å². The molecular formula is C13H25N3. The molecule has 0 radical (unpaired) electrons. The summed E-state index contributed by atoms with van der Waals surface area (Å²) in [5.74, 6) is 0. The quantitative estimate of drug-likeness (QED) is 0.776. The van der Waals surface area contributed by atoms with Gasteiger partial charge in [-0.1, -0.05) is 20.8 Å². The summed E-state index contributed by atoms with van der Waals surface area (Å²) in [5, 5.41) is 12.8. The van der Waals surface area contributed by atoms with Crippen molar-refractivity contribution in [2.24, 2.45) is 0 Å². The van der Waals surface area contributed by atoms with Crippen molar-refractivity contribution in [3.05, 3.63) is 0 Å². The first-order valence-electron chi connectivity index (χ1n) is 6.61. The van der Waals surface area contributed by atoms with E-state index in [9.17, 15) is 5.26 Å². The number of rotatable bonds is 5. The highest BCUT2D eigenvalue weighted by molar-refractivity contribution is 5.11. The third-order valence-corrected chi connectivity index (χ3v) is 3.78. The van der Waals surface area contributed by atoms with Gasteiger partial charge in [-0.3, -0.25) is 5.32 Å². The van der Waals surface area contributed by atoms with Gasteiger partial charge in [0.25, 0.3) is 0 Å². The Kier molecular flexibility index (Phi) is 5.24. The standard InChI is InChI=1S/C13H25N3/c1-4-15-13(11-14)9-7-8-12(10-13)16(5-2)6-3/h12,15H,4-10H2,1-3H3. The fraction of sp³-hybridized carbons (Fsp3) is 0.923. The van der Waals surface area contributed by atoms with E-state index >= 15 is 0 Å². The summed E-state index contributed by atoms with van der Waals surface area (Å²) in [5.41, 5.74) is -0.264. The molecule has 0 heterocycles. The average molecular weight is 223 g/mol. The van der Waals surface area contributed by atoms with Crippen LogP contribution in [0.3, 0.4) is 0 Å². The van der Waals surface area contributed by atoms with E-state index in [4.69, 9.17) is 0 Å². The molecule has 16 heavy (non-hydrogen) atoms. The van der Waals surface area contributed by atoms with Gasteiger partial charge in [-0.15, -0.1) is 0 Å². The van der Waals surface area contributed by atoms with Crippen molar-refractivity contribution in [3.8, 4) is 6.07 Å². The third kappa shape index (κ3) is 2.96. The van der Waals surface area contributed by atoms with E-state index in [1.54, 1.807) is 0 Å². The van der Waals surface area contributed by atoms with Gasteiger partial charge >= 0.3 is 0 Å². The number of nitrogens with zero attached hydrogens (tertiary/aromatic N) is 2. The van der Waals surface area contributed by atoms with Crippen molar-refractivity contribution >= 4 is 0 Å². The second-order valence-electron chi connectivity index (χ2n) is 4.70. The first-order chi connectivity index (χ1) is 7.71. The summed E-state index contributed by atoms with van der Waals surface area (Å²) in [6.07, 6.45) is 4.41. The molecule has 92 valence electrons. The molecule has 1 aliphatic rings. The maximum absolute atomic E-state index is 9.39. The minimum atomic E-state index is -0.264. The Hall–Kier alpha value is -0.590. The molecule has 3 heteroatoms. The molecule has 0 aliphatic heterocycles. The topological polar surface area (TPSA) is 39.1 Å². The zero-order valence-electron chi connectivity index (χ0n) is 10.9. The number of nitriles is 1. The maximum atomic E-state index is 9.39. The molecule has 1 aliphatic carbocycles. The summed E-state index contributed by atoms with van der Waals surface area (Å²) < 4.78 is 0. The first-order valence-corrected chi connectivity index (χ1v) is 6.61. The second kappa shape index (κ2) is 6.22.